The summed E-state index contributed by atoms with van der Waals surface area (Å²) in [6.07, 6.45) is 0. The second-order valence-electron chi connectivity index (χ2n) is 3.30. The van der Waals surface area contributed by atoms with E-state index in [9.17, 15) is 8.42 Å². The van der Waals surface area contributed by atoms with Gasteiger partial charge in [0.1, 0.15) is 5.75 Å². The second-order valence-corrected chi connectivity index (χ2v) is 6.93. The zero-order valence-electron chi connectivity index (χ0n) is 8.07. The van der Waals surface area contributed by atoms with E-state index in [0.29, 0.717) is 22.4 Å². The van der Waals surface area contributed by atoms with E-state index in [-0.39, 0.29) is 12.5 Å². The molecule has 0 amide bonds. The van der Waals surface area contributed by atoms with Crippen LogP contribution in [0.5, 0.6) is 5.75 Å². The maximum absolute atomic E-state index is 11.1. The SMILES string of the molecule is O=S(=O)(Cl)Cc1c(Br)ccc2c1COCO2. The van der Waals surface area contributed by atoms with E-state index < -0.39 is 9.05 Å². The van der Waals surface area contributed by atoms with Gasteiger partial charge >= 0.3 is 0 Å². The van der Waals surface area contributed by atoms with Crippen LogP contribution in [0.1, 0.15) is 11.1 Å². The van der Waals surface area contributed by atoms with Crippen molar-refractivity contribution in [2.75, 3.05) is 6.79 Å². The van der Waals surface area contributed by atoms with Crippen LogP contribution < -0.4 is 4.74 Å². The predicted octanol–water partition coefficient (Wildman–Crippen LogP) is 2.38. The molecule has 0 fully saturated rings. The highest BCUT2D eigenvalue weighted by molar-refractivity contribution is 9.10. The molecule has 0 N–H and O–H groups in total. The van der Waals surface area contributed by atoms with Gasteiger partial charge < -0.3 is 9.47 Å². The molecule has 0 saturated carbocycles. The normalized spacial score (nSPS) is 15.4. The van der Waals surface area contributed by atoms with Gasteiger partial charge in [-0.25, -0.2) is 8.42 Å². The van der Waals surface area contributed by atoms with E-state index in [1.807, 2.05) is 0 Å². The summed E-state index contributed by atoms with van der Waals surface area (Å²) in [5.74, 6) is 0.398. The fraction of sp³-hybridized carbons (Fsp3) is 0.333. The number of ether oxygens (including phenoxy) is 2. The van der Waals surface area contributed by atoms with Crippen molar-refractivity contribution in [3.05, 3.63) is 27.7 Å². The lowest BCUT2D eigenvalue weighted by Crippen LogP contribution is -2.14. The van der Waals surface area contributed by atoms with Gasteiger partial charge in [-0.3, -0.25) is 0 Å². The molecule has 7 heteroatoms. The van der Waals surface area contributed by atoms with E-state index in [4.69, 9.17) is 20.2 Å². The number of fused-ring (bicyclic) bond motifs is 1. The molecule has 0 bridgehead atoms. The summed E-state index contributed by atoms with van der Waals surface area (Å²) in [5, 5.41) is 0. The first kappa shape index (κ1) is 12.2. The minimum absolute atomic E-state index is 0.182. The predicted molar refractivity (Wildman–Crippen MR) is 62.9 cm³/mol. The lowest BCUT2D eigenvalue weighted by molar-refractivity contribution is -0.0167. The van der Waals surface area contributed by atoms with Crippen molar-refractivity contribution in [2.24, 2.45) is 0 Å². The van der Waals surface area contributed by atoms with E-state index >= 15 is 0 Å². The van der Waals surface area contributed by atoms with Gasteiger partial charge in [-0.05, 0) is 17.7 Å². The maximum Gasteiger partial charge on any atom is 0.236 e. The zero-order chi connectivity index (χ0) is 11.8. The first-order chi connectivity index (χ1) is 7.47. The fourth-order valence-corrected chi connectivity index (χ4v) is 3.21. The average molecular weight is 328 g/mol. The van der Waals surface area contributed by atoms with Gasteiger partial charge in [0, 0.05) is 20.7 Å². The molecule has 1 aliphatic rings. The lowest BCUT2D eigenvalue weighted by atomic mass is 10.1. The number of hydrogen-bond acceptors (Lipinski definition) is 4. The molecule has 2 rings (SSSR count). The van der Waals surface area contributed by atoms with Gasteiger partial charge in [0.05, 0.1) is 12.4 Å². The molecule has 88 valence electrons. The first-order valence-electron chi connectivity index (χ1n) is 4.40. The third-order valence-corrected chi connectivity index (χ3v) is 3.90. The monoisotopic (exact) mass is 326 g/mol. The number of halogens is 2. The molecule has 0 aromatic heterocycles. The quantitative estimate of drug-likeness (QED) is 0.783. The Morgan fingerprint density at radius 1 is 1.44 bits per heavy atom. The van der Waals surface area contributed by atoms with Crippen LogP contribution >= 0.6 is 26.6 Å². The number of hydrogen-bond donors (Lipinski definition) is 0. The molecule has 0 saturated heterocycles. The van der Waals surface area contributed by atoms with Gasteiger partial charge in [-0.1, -0.05) is 15.9 Å². The largest absolute Gasteiger partial charge is 0.467 e. The fourth-order valence-electron chi connectivity index (χ4n) is 1.51. The van der Waals surface area contributed by atoms with Crippen molar-refractivity contribution in [1.82, 2.24) is 0 Å². The number of rotatable bonds is 2. The third-order valence-electron chi connectivity index (χ3n) is 2.19. The van der Waals surface area contributed by atoms with Crippen LogP contribution in [0.25, 0.3) is 0 Å². The Morgan fingerprint density at radius 3 is 2.88 bits per heavy atom. The Labute approximate surface area is 106 Å². The summed E-state index contributed by atoms with van der Waals surface area (Å²) in [4.78, 5) is 0. The second kappa shape index (κ2) is 4.52. The Morgan fingerprint density at radius 2 is 2.19 bits per heavy atom. The average Bonchev–Trinajstić information content (AvgIpc) is 2.21. The highest BCUT2D eigenvalue weighted by Gasteiger charge is 2.20. The third kappa shape index (κ3) is 2.68. The van der Waals surface area contributed by atoms with Gasteiger partial charge in [-0.2, -0.15) is 0 Å². The molecular weight excluding hydrogens is 320 g/mol. The Hall–Kier alpha value is -0.300. The van der Waals surface area contributed by atoms with E-state index in [1.165, 1.54) is 0 Å². The summed E-state index contributed by atoms with van der Waals surface area (Å²) >= 11 is 3.29. The minimum atomic E-state index is -3.60. The minimum Gasteiger partial charge on any atom is -0.467 e. The summed E-state index contributed by atoms with van der Waals surface area (Å²) in [6, 6.07) is 3.51. The molecule has 4 nitrogen and oxygen atoms in total. The van der Waals surface area contributed by atoms with Crippen LogP contribution in [0, 0.1) is 0 Å². The smallest absolute Gasteiger partial charge is 0.236 e. The molecule has 1 aromatic carbocycles. The molecule has 1 aliphatic heterocycles. The Bertz CT molecular complexity index is 514. The van der Waals surface area contributed by atoms with Crippen LogP contribution in [-0.2, 0) is 26.1 Å². The van der Waals surface area contributed by atoms with Gasteiger partial charge in [-0.15, -0.1) is 0 Å². The van der Waals surface area contributed by atoms with Crippen LogP contribution in [0.3, 0.4) is 0 Å². The van der Waals surface area contributed by atoms with Crippen molar-refractivity contribution in [1.29, 1.82) is 0 Å². The Balaban J connectivity index is 2.50. The lowest BCUT2D eigenvalue weighted by Gasteiger charge is -2.20. The standard InChI is InChI=1S/C9H8BrClO4S/c10-8-1-2-9-6(3-14-5-15-9)7(8)4-16(11,12)13/h1-2H,3-5H2. The molecule has 0 aliphatic carbocycles. The molecule has 16 heavy (non-hydrogen) atoms. The van der Waals surface area contributed by atoms with Gasteiger partial charge in [0.2, 0.25) is 9.05 Å². The van der Waals surface area contributed by atoms with Crippen molar-refractivity contribution < 1.29 is 17.9 Å². The van der Waals surface area contributed by atoms with Crippen molar-refractivity contribution in [3.8, 4) is 5.75 Å². The van der Waals surface area contributed by atoms with Crippen LogP contribution in [0.15, 0.2) is 16.6 Å². The van der Waals surface area contributed by atoms with Crippen LogP contribution in [0.4, 0.5) is 0 Å². The molecular formula is C9H8BrClO4S. The summed E-state index contributed by atoms with van der Waals surface area (Å²) in [5.41, 5.74) is 1.32. The summed E-state index contributed by atoms with van der Waals surface area (Å²) in [6.45, 7) is 0.512. The van der Waals surface area contributed by atoms with Crippen molar-refractivity contribution in [2.45, 2.75) is 12.4 Å². The molecule has 0 atom stereocenters. The molecule has 0 radical (unpaired) electrons. The maximum atomic E-state index is 11.1. The zero-order valence-corrected chi connectivity index (χ0v) is 11.2. The molecule has 1 heterocycles. The first-order valence-corrected chi connectivity index (χ1v) is 7.67. The van der Waals surface area contributed by atoms with Gasteiger partial charge in [0.25, 0.3) is 0 Å². The van der Waals surface area contributed by atoms with Crippen molar-refractivity contribution >= 4 is 35.7 Å². The summed E-state index contributed by atoms with van der Waals surface area (Å²) in [7, 11) is 1.65. The van der Waals surface area contributed by atoms with Crippen molar-refractivity contribution in [3.63, 3.8) is 0 Å². The van der Waals surface area contributed by atoms with Crippen LogP contribution in [-0.4, -0.2) is 15.2 Å². The Kier molecular flexibility index (Phi) is 3.44. The number of benzene rings is 1. The summed E-state index contributed by atoms with van der Waals surface area (Å²) < 4.78 is 33.3. The molecule has 1 aromatic rings. The van der Waals surface area contributed by atoms with E-state index in [1.54, 1.807) is 12.1 Å². The van der Waals surface area contributed by atoms with Crippen LogP contribution in [0.2, 0.25) is 0 Å². The molecule has 0 spiro atoms. The highest BCUT2D eigenvalue weighted by atomic mass is 79.9. The van der Waals surface area contributed by atoms with E-state index in [2.05, 4.69) is 15.9 Å². The molecule has 0 unspecified atom stereocenters. The highest BCUT2D eigenvalue weighted by Crippen LogP contribution is 2.33. The topological polar surface area (TPSA) is 52.6 Å². The van der Waals surface area contributed by atoms with E-state index in [0.717, 1.165) is 5.56 Å². The van der Waals surface area contributed by atoms with Gasteiger partial charge in [0.15, 0.2) is 6.79 Å².